The van der Waals surface area contributed by atoms with Crippen LogP contribution in [0.15, 0.2) is 67.3 Å². The molecular formula is C43H53N7O8S. The highest BCUT2D eigenvalue weighted by Crippen LogP contribution is 2.46. The molecule has 4 aliphatic rings. The Bertz CT molecular complexity index is 2290. The maximum atomic E-state index is 14.9. The second-order valence-corrected chi connectivity index (χ2v) is 19.6. The first-order valence-corrected chi connectivity index (χ1v) is 21.6. The number of aromatic nitrogens is 3. The zero-order chi connectivity index (χ0) is 42.5. The van der Waals surface area contributed by atoms with E-state index >= 15 is 0 Å². The third-order valence-electron chi connectivity index (χ3n) is 11.6. The molecule has 1 saturated heterocycles. The number of hydrogen-bond donors (Lipinski definition) is 3. The molecule has 0 unspecified atom stereocenters. The van der Waals surface area contributed by atoms with E-state index in [1.165, 1.54) is 15.8 Å². The van der Waals surface area contributed by atoms with Gasteiger partial charge in [0.2, 0.25) is 21.8 Å². The number of carbonyl (C=O) groups excluding carboxylic acids is 4. The average molecular weight is 828 g/mol. The van der Waals surface area contributed by atoms with Crippen molar-refractivity contribution in [3.63, 3.8) is 0 Å². The topological polar surface area (TPSA) is 191 Å². The van der Waals surface area contributed by atoms with Crippen molar-refractivity contribution in [2.45, 2.75) is 108 Å². The van der Waals surface area contributed by atoms with E-state index in [-0.39, 0.29) is 19.4 Å². The predicted octanol–water partition coefficient (Wildman–Crippen LogP) is 5.16. The van der Waals surface area contributed by atoms with Gasteiger partial charge in [-0.15, -0.1) is 6.58 Å². The SMILES string of the molecule is C=C[C@@H]1C[C@]1(NC(=O)[C@@H]1C[C@@H]2CN1C(=O)[C@H](C(C)(C)C)NC(=O)OC(C)(C)CC/C=C/c1cccc(c1)-c1nn2nc1-c1ccc(OC)cc1)C(=O)NS(=O)(=O)C1CC1. The third-order valence-corrected chi connectivity index (χ3v) is 13.4. The summed E-state index contributed by atoms with van der Waals surface area (Å²) in [4.78, 5) is 59.6. The number of nitrogens with one attached hydrogen (secondary N) is 3. The summed E-state index contributed by atoms with van der Waals surface area (Å²) in [7, 11) is -2.33. The summed E-state index contributed by atoms with van der Waals surface area (Å²) < 4.78 is 39.1. The number of allylic oxidation sites excluding steroid dienone is 1. The van der Waals surface area contributed by atoms with Gasteiger partial charge in [-0.3, -0.25) is 19.1 Å². The number of nitrogens with zero attached hydrogens (tertiary/aromatic N) is 4. The van der Waals surface area contributed by atoms with Crippen molar-refractivity contribution in [1.82, 2.24) is 35.2 Å². The fourth-order valence-corrected chi connectivity index (χ4v) is 9.18. The molecule has 4 amide bonds. The van der Waals surface area contributed by atoms with Crippen LogP contribution >= 0.6 is 0 Å². The molecule has 3 N–H and O–H groups in total. The van der Waals surface area contributed by atoms with Crippen molar-refractivity contribution >= 4 is 39.9 Å². The maximum absolute atomic E-state index is 14.9. The summed E-state index contributed by atoms with van der Waals surface area (Å²) in [6.07, 6.45) is 6.94. The quantitative estimate of drug-likeness (QED) is 0.256. The average Bonchev–Trinajstić information content (AvgIpc) is 4.07. The van der Waals surface area contributed by atoms with Crippen LogP contribution in [0, 0.1) is 11.3 Å². The predicted molar refractivity (Wildman–Crippen MR) is 221 cm³/mol. The van der Waals surface area contributed by atoms with E-state index in [2.05, 4.69) is 21.9 Å². The van der Waals surface area contributed by atoms with Crippen LogP contribution in [-0.4, -0.2) is 94.3 Å². The summed E-state index contributed by atoms with van der Waals surface area (Å²) in [6.45, 7) is 12.8. The van der Waals surface area contributed by atoms with Crippen LogP contribution in [0.25, 0.3) is 28.6 Å². The molecule has 6 bridgehead atoms. The lowest BCUT2D eigenvalue weighted by molar-refractivity contribution is -0.143. The number of benzene rings is 2. The number of fused-ring (bicyclic) bond motifs is 8. The maximum Gasteiger partial charge on any atom is 0.408 e. The van der Waals surface area contributed by atoms with Crippen molar-refractivity contribution < 1.29 is 37.1 Å². The Morgan fingerprint density at radius 2 is 1.75 bits per heavy atom. The molecule has 59 heavy (non-hydrogen) atoms. The number of amides is 4. The second-order valence-electron chi connectivity index (χ2n) is 17.7. The molecule has 2 aliphatic heterocycles. The number of ether oxygens (including phenoxy) is 2. The minimum Gasteiger partial charge on any atom is -0.497 e. The van der Waals surface area contributed by atoms with Crippen LogP contribution < -0.4 is 20.1 Å². The molecule has 2 saturated carbocycles. The van der Waals surface area contributed by atoms with Gasteiger partial charge < -0.3 is 25.0 Å². The van der Waals surface area contributed by atoms with Gasteiger partial charge >= 0.3 is 6.09 Å². The normalized spacial score (nSPS) is 26.2. The zero-order valence-electron chi connectivity index (χ0n) is 34.4. The van der Waals surface area contributed by atoms with Crippen molar-refractivity contribution in [1.29, 1.82) is 0 Å². The van der Waals surface area contributed by atoms with Gasteiger partial charge in [-0.25, -0.2) is 13.2 Å². The molecule has 3 fully saturated rings. The van der Waals surface area contributed by atoms with Gasteiger partial charge in [0.1, 0.15) is 40.4 Å². The van der Waals surface area contributed by atoms with Gasteiger partial charge in [-0.05, 0) is 87.3 Å². The number of cyclic esters (lactones) is 1. The van der Waals surface area contributed by atoms with E-state index < -0.39 is 79.7 Å². The number of hydrogen-bond acceptors (Lipinski definition) is 10. The lowest BCUT2D eigenvalue weighted by Crippen LogP contribution is -2.60. The Balaban J connectivity index is 1.31. The molecule has 2 aliphatic carbocycles. The first-order chi connectivity index (χ1) is 27.8. The molecule has 5 atom stereocenters. The highest BCUT2D eigenvalue weighted by Gasteiger charge is 2.62. The van der Waals surface area contributed by atoms with Crippen LogP contribution in [0.5, 0.6) is 5.75 Å². The zero-order valence-corrected chi connectivity index (χ0v) is 35.2. The van der Waals surface area contributed by atoms with Crippen LogP contribution in [0.2, 0.25) is 0 Å². The van der Waals surface area contributed by atoms with Gasteiger partial charge in [0.05, 0.1) is 18.4 Å². The Kier molecular flexibility index (Phi) is 11.0. The minimum atomic E-state index is -3.92. The third kappa shape index (κ3) is 8.77. The number of sulfonamides is 1. The standard InChI is InChI=1S/C43H53N7O8S/c1-8-29-24-43(29,39(53)48-59(55,56)32-19-20-32)45-37(51)33-23-30-25-49(33)38(52)36(41(2,3)4)44-40(54)58-42(5,6)21-10-9-12-26-13-11-14-28(22-26)35-34(46-50(30)47-35)27-15-17-31(57-7)18-16-27/h8-9,11-18,22,29-30,32-33,36H,1,10,19-21,23-25H2,2-7H3,(H,44,54)(H,45,51)(H,48,53)/b12-9+/t29-,30-,33+,36-,43-/m1/s1. The van der Waals surface area contributed by atoms with Gasteiger partial charge in [-0.1, -0.05) is 57.2 Å². The van der Waals surface area contributed by atoms with Gasteiger partial charge in [0.25, 0.3) is 5.91 Å². The van der Waals surface area contributed by atoms with Gasteiger partial charge in [0.15, 0.2) is 0 Å². The summed E-state index contributed by atoms with van der Waals surface area (Å²) in [5, 5.41) is 15.0. The molecular weight excluding hydrogens is 775 g/mol. The highest BCUT2D eigenvalue weighted by atomic mass is 32.2. The van der Waals surface area contributed by atoms with Crippen molar-refractivity contribution in [2.75, 3.05) is 13.7 Å². The smallest absolute Gasteiger partial charge is 0.408 e. The Labute approximate surface area is 345 Å². The monoisotopic (exact) mass is 827 g/mol. The lowest BCUT2D eigenvalue weighted by atomic mass is 9.85. The molecule has 3 heterocycles. The van der Waals surface area contributed by atoms with Crippen LogP contribution in [0.4, 0.5) is 4.79 Å². The van der Waals surface area contributed by atoms with Crippen molar-refractivity contribution in [3.8, 4) is 28.3 Å². The fraction of sp³-hybridized carbons (Fsp3) is 0.488. The largest absolute Gasteiger partial charge is 0.497 e. The van der Waals surface area contributed by atoms with E-state index in [0.717, 1.165) is 16.7 Å². The van der Waals surface area contributed by atoms with E-state index in [1.807, 2.05) is 74.5 Å². The summed E-state index contributed by atoms with van der Waals surface area (Å²) >= 11 is 0. The first kappa shape index (κ1) is 41.6. The lowest BCUT2D eigenvalue weighted by Gasteiger charge is -2.36. The molecule has 3 aromatic rings. The van der Waals surface area contributed by atoms with E-state index in [0.29, 0.717) is 42.8 Å². The summed E-state index contributed by atoms with van der Waals surface area (Å²) in [5.74, 6) is -1.92. The molecule has 314 valence electrons. The Morgan fingerprint density at radius 1 is 1.05 bits per heavy atom. The molecule has 15 nitrogen and oxygen atoms in total. The number of methoxy groups -OCH3 is 1. The van der Waals surface area contributed by atoms with E-state index in [4.69, 9.17) is 19.7 Å². The Hall–Kier alpha value is -5.51. The summed E-state index contributed by atoms with van der Waals surface area (Å²) in [5.41, 5.74) is 0.355. The second kappa shape index (κ2) is 15.6. The molecule has 16 heteroatoms. The molecule has 0 radical (unpaired) electrons. The van der Waals surface area contributed by atoms with Crippen molar-refractivity contribution in [2.24, 2.45) is 11.3 Å². The minimum absolute atomic E-state index is 0.0230. The number of carbonyl (C=O) groups is 4. The van der Waals surface area contributed by atoms with Gasteiger partial charge in [-0.2, -0.15) is 15.0 Å². The fourth-order valence-electron chi connectivity index (χ4n) is 7.82. The van der Waals surface area contributed by atoms with Crippen LogP contribution in [0.3, 0.4) is 0 Å². The van der Waals surface area contributed by atoms with E-state index in [9.17, 15) is 27.6 Å². The molecule has 7 rings (SSSR count). The number of rotatable bonds is 8. The summed E-state index contributed by atoms with van der Waals surface area (Å²) in [6, 6.07) is 12.4. The van der Waals surface area contributed by atoms with Crippen molar-refractivity contribution in [3.05, 3.63) is 72.8 Å². The highest BCUT2D eigenvalue weighted by molar-refractivity contribution is 7.91. The molecule has 1 aromatic heterocycles. The molecule has 0 spiro atoms. The number of alkyl carbamates (subject to hydrolysis) is 1. The van der Waals surface area contributed by atoms with Crippen LogP contribution in [-0.2, 0) is 29.1 Å². The first-order valence-electron chi connectivity index (χ1n) is 20.0. The van der Waals surface area contributed by atoms with Crippen LogP contribution in [0.1, 0.15) is 84.7 Å². The Morgan fingerprint density at radius 3 is 2.37 bits per heavy atom. The molecule has 2 aromatic carbocycles. The van der Waals surface area contributed by atoms with E-state index in [1.54, 1.807) is 27.9 Å². The van der Waals surface area contributed by atoms with Gasteiger partial charge in [0, 0.05) is 30.0 Å².